The number of nitrogens with zero attached hydrogens (tertiary/aromatic N) is 2. The second kappa shape index (κ2) is 8.17. The molecule has 0 saturated heterocycles. The number of carbonyl (C=O) groups excluding carboxylic acids is 1. The zero-order valence-electron chi connectivity index (χ0n) is 13.1. The number of rotatable bonds is 5. The topological polar surface area (TPSA) is 85.9 Å². The highest BCUT2D eigenvalue weighted by molar-refractivity contribution is 5.91. The molecule has 0 aromatic heterocycles. The van der Waals surface area contributed by atoms with Crippen LogP contribution in [0.1, 0.15) is 11.1 Å². The van der Waals surface area contributed by atoms with E-state index in [4.69, 9.17) is 15.3 Å². The molecule has 118 valence electrons. The minimum Gasteiger partial charge on any atom is -0.484 e. The first-order valence-corrected chi connectivity index (χ1v) is 7.22. The lowest BCUT2D eigenvalue weighted by molar-refractivity contribution is -0.118. The van der Waals surface area contributed by atoms with E-state index in [1.807, 2.05) is 31.2 Å². The Labute approximate surface area is 140 Å². The molecule has 0 aliphatic carbocycles. The lowest BCUT2D eigenvalue weighted by Crippen LogP contribution is -2.20. The van der Waals surface area contributed by atoms with Crippen LogP contribution < -0.4 is 10.1 Å². The monoisotopic (exact) mass is 317 g/mol. The quantitative estimate of drug-likeness (QED) is 0.856. The van der Waals surface area contributed by atoms with Crippen LogP contribution in [-0.4, -0.2) is 12.5 Å². The molecule has 0 unspecified atom stereocenters. The van der Waals surface area contributed by atoms with Gasteiger partial charge in [0.25, 0.3) is 5.91 Å². The number of aryl methyl sites for hydroxylation is 1. The standard InChI is InChI=1S/C19H15N3O2/c1-14-3-2-4-17(9-14)22-19(23)13-24-18-7-5-15(6-8-18)10-16(11-20)12-21/h2-10H,13H2,1H3,(H,22,23). The Hall–Kier alpha value is -3.57. The smallest absolute Gasteiger partial charge is 0.262 e. The van der Waals surface area contributed by atoms with Gasteiger partial charge in [-0.15, -0.1) is 0 Å². The highest BCUT2D eigenvalue weighted by atomic mass is 16.5. The number of nitrogens with one attached hydrogen (secondary N) is 1. The van der Waals surface area contributed by atoms with E-state index < -0.39 is 0 Å². The fourth-order valence-corrected chi connectivity index (χ4v) is 1.99. The molecule has 0 saturated carbocycles. The van der Waals surface area contributed by atoms with Gasteiger partial charge in [-0.05, 0) is 48.4 Å². The number of allylic oxidation sites excluding steroid dienone is 1. The number of amides is 1. The number of ether oxygens (including phenoxy) is 1. The Kier molecular flexibility index (Phi) is 5.71. The van der Waals surface area contributed by atoms with Crippen molar-refractivity contribution in [3.63, 3.8) is 0 Å². The summed E-state index contributed by atoms with van der Waals surface area (Å²) in [6.45, 7) is 1.84. The first-order chi connectivity index (χ1) is 11.6. The number of nitriles is 2. The third kappa shape index (κ3) is 5.01. The summed E-state index contributed by atoms with van der Waals surface area (Å²) in [4.78, 5) is 11.9. The van der Waals surface area contributed by atoms with Crippen molar-refractivity contribution in [1.29, 1.82) is 10.5 Å². The highest BCUT2D eigenvalue weighted by Gasteiger charge is 2.04. The molecule has 0 fully saturated rings. The van der Waals surface area contributed by atoms with Crippen LogP contribution in [0.2, 0.25) is 0 Å². The fourth-order valence-electron chi connectivity index (χ4n) is 1.99. The van der Waals surface area contributed by atoms with Crippen molar-refractivity contribution < 1.29 is 9.53 Å². The molecule has 0 aliphatic heterocycles. The Balaban J connectivity index is 1.90. The van der Waals surface area contributed by atoms with Crippen LogP contribution in [0.3, 0.4) is 0 Å². The molecule has 5 nitrogen and oxygen atoms in total. The molecule has 0 atom stereocenters. The van der Waals surface area contributed by atoms with E-state index >= 15 is 0 Å². The van der Waals surface area contributed by atoms with Crippen molar-refractivity contribution in [2.75, 3.05) is 11.9 Å². The summed E-state index contributed by atoms with van der Waals surface area (Å²) in [5, 5.41) is 20.2. The molecular weight excluding hydrogens is 302 g/mol. The predicted octanol–water partition coefficient (Wildman–Crippen LogP) is 3.44. The van der Waals surface area contributed by atoms with Crippen molar-refractivity contribution in [3.8, 4) is 17.9 Å². The molecule has 5 heteroatoms. The van der Waals surface area contributed by atoms with Crippen molar-refractivity contribution in [2.24, 2.45) is 0 Å². The molecule has 2 rings (SSSR count). The summed E-state index contributed by atoms with van der Waals surface area (Å²) >= 11 is 0. The largest absolute Gasteiger partial charge is 0.484 e. The lowest BCUT2D eigenvalue weighted by Gasteiger charge is -2.08. The average Bonchev–Trinajstić information content (AvgIpc) is 2.59. The van der Waals surface area contributed by atoms with Crippen molar-refractivity contribution in [3.05, 3.63) is 65.2 Å². The van der Waals surface area contributed by atoms with Crippen molar-refractivity contribution in [1.82, 2.24) is 0 Å². The number of hydrogen-bond donors (Lipinski definition) is 1. The third-order valence-electron chi connectivity index (χ3n) is 3.10. The molecule has 1 N–H and O–H groups in total. The number of hydrogen-bond acceptors (Lipinski definition) is 4. The zero-order valence-corrected chi connectivity index (χ0v) is 13.1. The minimum atomic E-state index is -0.249. The van der Waals surface area contributed by atoms with E-state index in [-0.39, 0.29) is 18.1 Å². The SMILES string of the molecule is Cc1cccc(NC(=O)COc2ccc(C=C(C#N)C#N)cc2)c1. The molecule has 2 aromatic rings. The summed E-state index contributed by atoms with van der Waals surface area (Å²) in [6, 6.07) is 17.9. The van der Waals surface area contributed by atoms with Crippen LogP contribution in [0.15, 0.2) is 54.1 Å². The van der Waals surface area contributed by atoms with Crippen LogP contribution in [0.4, 0.5) is 5.69 Å². The number of benzene rings is 2. The predicted molar refractivity (Wildman–Crippen MR) is 90.9 cm³/mol. The van der Waals surface area contributed by atoms with Gasteiger partial charge in [-0.25, -0.2) is 0 Å². The number of carbonyl (C=O) groups is 1. The van der Waals surface area contributed by atoms with Crippen molar-refractivity contribution >= 4 is 17.7 Å². The third-order valence-corrected chi connectivity index (χ3v) is 3.10. The Morgan fingerprint density at radius 2 is 1.88 bits per heavy atom. The normalized spacial score (nSPS) is 9.29. The molecular formula is C19H15N3O2. The molecule has 0 bridgehead atoms. The van der Waals surface area contributed by atoms with E-state index in [2.05, 4.69) is 5.32 Å². The molecule has 0 heterocycles. The zero-order chi connectivity index (χ0) is 17.4. The van der Waals surface area contributed by atoms with E-state index in [1.165, 1.54) is 6.08 Å². The Morgan fingerprint density at radius 3 is 2.50 bits per heavy atom. The first-order valence-electron chi connectivity index (χ1n) is 7.22. The maximum Gasteiger partial charge on any atom is 0.262 e. The van der Waals surface area contributed by atoms with E-state index in [0.717, 1.165) is 11.3 Å². The second-order valence-corrected chi connectivity index (χ2v) is 5.06. The summed E-state index contributed by atoms with van der Waals surface area (Å²) in [5.41, 5.74) is 2.53. The molecule has 1 amide bonds. The molecule has 2 aromatic carbocycles. The van der Waals surface area contributed by atoms with Crippen LogP contribution in [0.5, 0.6) is 5.75 Å². The summed E-state index contributed by atoms with van der Waals surface area (Å²) in [6.07, 6.45) is 1.48. The Morgan fingerprint density at radius 1 is 1.17 bits per heavy atom. The maximum atomic E-state index is 11.9. The van der Waals surface area contributed by atoms with Crippen LogP contribution >= 0.6 is 0 Å². The van der Waals surface area contributed by atoms with E-state index in [9.17, 15) is 4.79 Å². The van der Waals surface area contributed by atoms with Crippen LogP contribution in [0, 0.1) is 29.6 Å². The summed E-state index contributed by atoms with van der Waals surface area (Å²) in [5.74, 6) is 0.280. The molecule has 0 aliphatic rings. The van der Waals surface area contributed by atoms with Crippen LogP contribution in [0.25, 0.3) is 6.08 Å². The number of anilines is 1. The molecule has 0 radical (unpaired) electrons. The van der Waals surface area contributed by atoms with E-state index in [1.54, 1.807) is 36.4 Å². The second-order valence-electron chi connectivity index (χ2n) is 5.06. The molecule has 24 heavy (non-hydrogen) atoms. The van der Waals surface area contributed by atoms with Gasteiger partial charge in [0.2, 0.25) is 0 Å². The highest BCUT2D eigenvalue weighted by Crippen LogP contribution is 2.15. The van der Waals surface area contributed by atoms with Gasteiger partial charge < -0.3 is 10.1 Å². The van der Waals surface area contributed by atoms with Gasteiger partial charge in [-0.2, -0.15) is 10.5 Å². The fraction of sp³-hybridized carbons (Fsp3) is 0.105. The lowest BCUT2D eigenvalue weighted by atomic mass is 10.1. The van der Waals surface area contributed by atoms with Gasteiger partial charge in [0.05, 0.1) is 0 Å². The Bertz CT molecular complexity index is 824. The summed E-state index contributed by atoms with van der Waals surface area (Å²) < 4.78 is 5.42. The van der Waals surface area contributed by atoms with Gasteiger partial charge in [0.15, 0.2) is 6.61 Å². The van der Waals surface area contributed by atoms with Gasteiger partial charge in [-0.1, -0.05) is 24.3 Å². The maximum absolute atomic E-state index is 11.9. The van der Waals surface area contributed by atoms with Crippen molar-refractivity contribution in [2.45, 2.75) is 6.92 Å². The average molecular weight is 317 g/mol. The first kappa shape index (κ1) is 16.8. The minimum absolute atomic E-state index is 0.0289. The van der Waals surface area contributed by atoms with Gasteiger partial charge in [0, 0.05) is 5.69 Å². The van der Waals surface area contributed by atoms with Gasteiger partial charge in [-0.3, -0.25) is 4.79 Å². The molecule has 0 spiro atoms. The summed E-state index contributed by atoms with van der Waals surface area (Å²) in [7, 11) is 0. The van der Waals surface area contributed by atoms with Gasteiger partial charge >= 0.3 is 0 Å². The van der Waals surface area contributed by atoms with Crippen LogP contribution in [-0.2, 0) is 4.79 Å². The van der Waals surface area contributed by atoms with Gasteiger partial charge in [0.1, 0.15) is 23.5 Å². The van der Waals surface area contributed by atoms with E-state index in [0.29, 0.717) is 11.3 Å².